The fourth-order valence-electron chi connectivity index (χ4n) is 1.88. The van der Waals surface area contributed by atoms with E-state index in [1.54, 1.807) is 0 Å². The van der Waals surface area contributed by atoms with Gasteiger partial charge in [-0.3, -0.25) is 0 Å². The molecule has 2 heteroatoms. The zero-order chi connectivity index (χ0) is 10.1. The summed E-state index contributed by atoms with van der Waals surface area (Å²) in [5.41, 5.74) is 2.95. The average molecular weight is 222 g/mol. The molecule has 0 amide bonds. The van der Waals surface area contributed by atoms with Crippen molar-refractivity contribution in [3.63, 3.8) is 0 Å². The van der Waals surface area contributed by atoms with Crippen molar-refractivity contribution in [3.05, 3.63) is 28.6 Å². The zero-order valence-electron chi connectivity index (χ0n) is 8.76. The number of thioether (sulfide) groups is 1. The normalized spacial score (nSPS) is 11.1. The molecule has 0 spiro atoms. The number of rotatable bonds is 2. The van der Waals surface area contributed by atoms with Crippen LogP contribution in [0.5, 0.6) is 0 Å². The molecule has 0 aliphatic carbocycles. The van der Waals surface area contributed by atoms with E-state index in [-0.39, 0.29) is 0 Å². The molecule has 0 saturated carbocycles. The Balaban J connectivity index is 2.81. The van der Waals surface area contributed by atoms with Gasteiger partial charge in [0.15, 0.2) is 0 Å². The number of fused-ring (bicyclic) bond motifs is 1. The maximum Gasteiger partial charge on any atom is 0.0357 e. The fraction of sp³-hybridized carbons (Fsp3) is 0.333. The molecule has 0 fully saturated rings. The Morgan fingerprint density at radius 2 is 2.14 bits per heavy atom. The average Bonchev–Trinajstić information content (AvgIpc) is 2.61. The SMILES string of the molecule is CCc1c(C)ccc2scc(SC)c12. The van der Waals surface area contributed by atoms with Crippen LogP contribution in [0.2, 0.25) is 0 Å². The molecule has 0 unspecified atom stereocenters. The van der Waals surface area contributed by atoms with Gasteiger partial charge in [0.05, 0.1) is 0 Å². The highest BCUT2D eigenvalue weighted by Gasteiger charge is 2.08. The minimum Gasteiger partial charge on any atom is -0.143 e. The van der Waals surface area contributed by atoms with Gasteiger partial charge < -0.3 is 0 Å². The van der Waals surface area contributed by atoms with Crippen molar-refractivity contribution in [2.45, 2.75) is 25.2 Å². The molecule has 0 saturated heterocycles. The smallest absolute Gasteiger partial charge is 0.0357 e. The molecular weight excluding hydrogens is 208 g/mol. The number of hydrogen-bond acceptors (Lipinski definition) is 2. The molecule has 0 aliphatic heterocycles. The molecule has 1 heterocycles. The van der Waals surface area contributed by atoms with Gasteiger partial charge in [-0.25, -0.2) is 0 Å². The molecule has 74 valence electrons. The summed E-state index contributed by atoms with van der Waals surface area (Å²) < 4.78 is 1.43. The second kappa shape index (κ2) is 3.95. The Morgan fingerprint density at radius 3 is 2.79 bits per heavy atom. The lowest BCUT2D eigenvalue weighted by atomic mass is 10.0. The number of thiophene rings is 1. The van der Waals surface area contributed by atoms with Gasteiger partial charge in [-0.1, -0.05) is 13.0 Å². The van der Waals surface area contributed by atoms with Crippen LogP contribution in [-0.2, 0) is 6.42 Å². The fourth-order valence-corrected chi connectivity index (χ4v) is 3.76. The largest absolute Gasteiger partial charge is 0.143 e. The second-order valence-corrected chi connectivity index (χ2v) is 5.15. The van der Waals surface area contributed by atoms with Gasteiger partial charge in [0.25, 0.3) is 0 Å². The van der Waals surface area contributed by atoms with E-state index < -0.39 is 0 Å². The minimum absolute atomic E-state index is 1.13. The lowest BCUT2D eigenvalue weighted by Crippen LogP contribution is -1.87. The van der Waals surface area contributed by atoms with Crippen molar-refractivity contribution in [1.29, 1.82) is 0 Å². The van der Waals surface area contributed by atoms with Crippen LogP contribution in [0.4, 0.5) is 0 Å². The van der Waals surface area contributed by atoms with Gasteiger partial charge in [-0.05, 0) is 36.8 Å². The molecule has 2 rings (SSSR count). The molecule has 0 nitrogen and oxygen atoms in total. The van der Waals surface area contributed by atoms with Gasteiger partial charge >= 0.3 is 0 Å². The predicted octanol–water partition coefficient (Wildman–Crippen LogP) is 4.49. The molecule has 2 aromatic rings. The van der Waals surface area contributed by atoms with Crippen LogP contribution in [-0.4, -0.2) is 6.26 Å². The molecule has 0 N–H and O–H groups in total. The highest BCUT2D eigenvalue weighted by molar-refractivity contribution is 7.99. The summed E-state index contributed by atoms with van der Waals surface area (Å²) in [6.07, 6.45) is 3.29. The van der Waals surface area contributed by atoms with Gasteiger partial charge in [0.2, 0.25) is 0 Å². The monoisotopic (exact) mass is 222 g/mol. The summed E-state index contributed by atoms with van der Waals surface area (Å²) in [5, 5.41) is 3.76. The van der Waals surface area contributed by atoms with Crippen LogP contribution in [0.25, 0.3) is 10.1 Å². The van der Waals surface area contributed by atoms with E-state index in [1.165, 1.54) is 26.1 Å². The summed E-state index contributed by atoms with van der Waals surface area (Å²) in [5.74, 6) is 0. The Kier molecular flexibility index (Phi) is 2.84. The minimum atomic E-state index is 1.13. The third kappa shape index (κ3) is 1.47. The topological polar surface area (TPSA) is 0 Å². The standard InChI is InChI=1S/C12H14S2/c1-4-9-8(2)5-6-10-12(9)11(13-3)7-14-10/h5-7H,4H2,1-3H3. The van der Waals surface area contributed by atoms with Crippen LogP contribution < -0.4 is 0 Å². The first-order valence-corrected chi connectivity index (χ1v) is 6.92. The van der Waals surface area contributed by atoms with Crippen LogP contribution in [0.1, 0.15) is 18.1 Å². The first-order chi connectivity index (χ1) is 6.77. The van der Waals surface area contributed by atoms with Gasteiger partial charge in [0.1, 0.15) is 0 Å². The van der Waals surface area contributed by atoms with E-state index in [2.05, 4.69) is 37.6 Å². The van der Waals surface area contributed by atoms with Crippen molar-refractivity contribution in [1.82, 2.24) is 0 Å². The van der Waals surface area contributed by atoms with Crippen LogP contribution in [0, 0.1) is 6.92 Å². The Morgan fingerprint density at radius 1 is 1.36 bits per heavy atom. The van der Waals surface area contributed by atoms with Crippen molar-refractivity contribution in [2.75, 3.05) is 6.26 Å². The van der Waals surface area contributed by atoms with Crippen molar-refractivity contribution in [2.24, 2.45) is 0 Å². The van der Waals surface area contributed by atoms with Gasteiger partial charge in [0, 0.05) is 20.4 Å². The first kappa shape index (κ1) is 10.1. The molecule has 1 aromatic heterocycles. The molecule has 0 atom stereocenters. The van der Waals surface area contributed by atoms with Crippen LogP contribution in [0.3, 0.4) is 0 Å². The number of benzene rings is 1. The molecule has 14 heavy (non-hydrogen) atoms. The molecule has 0 bridgehead atoms. The molecule has 0 aliphatic rings. The maximum atomic E-state index is 2.27. The van der Waals surface area contributed by atoms with E-state index in [0.717, 1.165) is 6.42 Å². The number of hydrogen-bond donors (Lipinski definition) is 0. The summed E-state index contributed by atoms with van der Waals surface area (Å²) in [7, 11) is 0. The first-order valence-electron chi connectivity index (χ1n) is 4.81. The summed E-state index contributed by atoms with van der Waals surface area (Å²) in [4.78, 5) is 1.44. The third-order valence-electron chi connectivity index (χ3n) is 2.62. The summed E-state index contributed by atoms with van der Waals surface area (Å²) in [6.45, 7) is 4.45. The van der Waals surface area contributed by atoms with Crippen LogP contribution >= 0.6 is 23.1 Å². The predicted molar refractivity (Wildman–Crippen MR) is 67.7 cm³/mol. The maximum absolute atomic E-state index is 2.27. The zero-order valence-corrected chi connectivity index (χ0v) is 10.4. The van der Waals surface area contributed by atoms with E-state index in [9.17, 15) is 0 Å². The van der Waals surface area contributed by atoms with E-state index in [1.807, 2.05) is 23.1 Å². The van der Waals surface area contributed by atoms with Crippen molar-refractivity contribution in [3.8, 4) is 0 Å². The highest BCUT2D eigenvalue weighted by atomic mass is 32.2. The lowest BCUT2D eigenvalue weighted by molar-refractivity contribution is 1.13. The third-order valence-corrected chi connectivity index (χ3v) is 4.48. The lowest BCUT2D eigenvalue weighted by Gasteiger charge is -2.06. The van der Waals surface area contributed by atoms with Gasteiger partial charge in [-0.2, -0.15) is 0 Å². The van der Waals surface area contributed by atoms with Gasteiger partial charge in [-0.15, -0.1) is 23.1 Å². The highest BCUT2D eigenvalue weighted by Crippen LogP contribution is 2.36. The van der Waals surface area contributed by atoms with Crippen molar-refractivity contribution < 1.29 is 0 Å². The summed E-state index contributed by atoms with van der Waals surface area (Å²) >= 11 is 3.71. The Hall–Kier alpha value is -0.470. The van der Waals surface area contributed by atoms with Crippen molar-refractivity contribution >= 4 is 33.2 Å². The Labute approximate surface area is 93.3 Å². The molecule has 1 aromatic carbocycles. The summed E-state index contributed by atoms with van der Waals surface area (Å²) in [6, 6.07) is 4.48. The quantitative estimate of drug-likeness (QED) is 0.674. The van der Waals surface area contributed by atoms with Crippen LogP contribution in [0.15, 0.2) is 22.4 Å². The molecule has 0 radical (unpaired) electrons. The van der Waals surface area contributed by atoms with E-state index in [0.29, 0.717) is 0 Å². The second-order valence-electron chi connectivity index (χ2n) is 3.39. The molecular formula is C12H14S2. The number of aryl methyl sites for hydroxylation is 2. The van der Waals surface area contributed by atoms with E-state index in [4.69, 9.17) is 0 Å². The Bertz CT molecular complexity index is 455. The van der Waals surface area contributed by atoms with E-state index >= 15 is 0 Å².